The van der Waals surface area contributed by atoms with Gasteiger partial charge in [-0.3, -0.25) is 4.79 Å². The Kier molecular flexibility index (Phi) is 4.08. The van der Waals surface area contributed by atoms with Crippen molar-refractivity contribution in [3.05, 3.63) is 74.9 Å². The minimum Gasteiger partial charge on any atom is -0.457 e. The average molecular weight is 391 g/mol. The summed E-state index contributed by atoms with van der Waals surface area (Å²) in [7, 11) is 0. The zero-order valence-corrected chi connectivity index (χ0v) is 14.9. The Morgan fingerprint density at radius 3 is 2.64 bits per heavy atom. The highest BCUT2D eigenvalue weighted by molar-refractivity contribution is 6.43. The molecule has 4 rings (SSSR count). The molecule has 0 saturated heterocycles. The Bertz CT molecular complexity index is 1040. The molecule has 0 unspecified atom stereocenters. The van der Waals surface area contributed by atoms with Gasteiger partial charge in [-0.05, 0) is 48.5 Å². The number of hydrogen-bond donors (Lipinski definition) is 1. The Balaban J connectivity index is 1.75. The van der Waals surface area contributed by atoms with Gasteiger partial charge >= 0.3 is 0 Å². The van der Waals surface area contributed by atoms with E-state index in [1.54, 1.807) is 48.5 Å². The number of amides is 1. The summed E-state index contributed by atoms with van der Waals surface area (Å²) in [5.41, 5.74) is 2.66. The normalized spacial score (nSPS) is 14.7. The molecule has 0 saturated carbocycles. The van der Waals surface area contributed by atoms with Crippen LogP contribution in [0.15, 0.2) is 52.9 Å². The van der Waals surface area contributed by atoms with E-state index in [2.05, 4.69) is 5.32 Å². The van der Waals surface area contributed by atoms with Crippen molar-refractivity contribution in [3.63, 3.8) is 0 Å². The van der Waals surface area contributed by atoms with Crippen molar-refractivity contribution in [3.8, 4) is 11.3 Å². The van der Waals surface area contributed by atoms with Crippen LogP contribution in [0.3, 0.4) is 0 Å². The fraction of sp³-hybridized carbons (Fsp3) is 0. The minimum absolute atomic E-state index is 0.198. The van der Waals surface area contributed by atoms with Gasteiger partial charge in [0.2, 0.25) is 0 Å². The number of hydrogen-bond acceptors (Lipinski definition) is 2. The summed E-state index contributed by atoms with van der Waals surface area (Å²) in [6.07, 6.45) is 1.68. The van der Waals surface area contributed by atoms with Gasteiger partial charge in [0.25, 0.3) is 5.91 Å². The van der Waals surface area contributed by atoms with Crippen molar-refractivity contribution >= 4 is 58.0 Å². The first kappa shape index (κ1) is 16.3. The van der Waals surface area contributed by atoms with Gasteiger partial charge in [0.1, 0.15) is 11.5 Å². The van der Waals surface area contributed by atoms with E-state index in [9.17, 15) is 4.79 Å². The monoisotopic (exact) mass is 389 g/mol. The maximum atomic E-state index is 12.2. The number of anilines is 1. The number of halogens is 3. The van der Waals surface area contributed by atoms with Gasteiger partial charge < -0.3 is 9.73 Å². The molecule has 0 aliphatic carbocycles. The molecule has 124 valence electrons. The first-order valence-electron chi connectivity index (χ1n) is 7.40. The van der Waals surface area contributed by atoms with Crippen LogP contribution >= 0.6 is 34.8 Å². The number of fused-ring (bicyclic) bond motifs is 1. The molecule has 0 fully saturated rings. The summed E-state index contributed by atoms with van der Waals surface area (Å²) in [5.74, 6) is 0.907. The predicted octanol–water partition coefficient (Wildman–Crippen LogP) is 6.40. The Labute approximate surface area is 158 Å². The van der Waals surface area contributed by atoms with Crippen LogP contribution in [0.25, 0.3) is 23.0 Å². The van der Waals surface area contributed by atoms with E-state index >= 15 is 0 Å². The molecule has 1 aromatic heterocycles. The third-order valence-corrected chi connectivity index (χ3v) is 4.95. The van der Waals surface area contributed by atoms with E-state index < -0.39 is 0 Å². The highest BCUT2D eigenvalue weighted by Crippen LogP contribution is 2.37. The van der Waals surface area contributed by atoms with E-state index in [0.717, 1.165) is 11.3 Å². The molecule has 1 amide bonds. The Hall–Kier alpha value is -2.20. The smallest absolute Gasteiger partial charge is 0.256 e. The first-order valence-corrected chi connectivity index (χ1v) is 8.53. The fourth-order valence-electron chi connectivity index (χ4n) is 2.72. The molecule has 0 bridgehead atoms. The lowest BCUT2D eigenvalue weighted by molar-refractivity contribution is -0.110. The van der Waals surface area contributed by atoms with E-state index in [-0.39, 0.29) is 5.91 Å². The minimum atomic E-state index is -0.198. The molecule has 1 N–H and O–H groups in total. The largest absolute Gasteiger partial charge is 0.457 e. The molecular weight excluding hydrogens is 381 g/mol. The molecule has 0 spiro atoms. The van der Waals surface area contributed by atoms with Crippen molar-refractivity contribution in [2.45, 2.75) is 0 Å². The highest BCUT2D eigenvalue weighted by Gasteiger charge is 2.24. The molecule has 1 aliphatic heterocycles. The Morgan fingerprint density at radius 2 is 1.80 bits per heavy atom. The highest BCUT2D eigenvalue weighted by atomic mass is 35.5. The lowest BCUT2D eigenvalue weighted by atomic mass is 10.1. The van der Waals surface area contributed by atoms with Crippen LogP contribution in [-0.4, -0.2) is 5.91 Å². The molecule has 2 aromatic carbocycles. The zero-order chi connectivity index (χ0) is 17.6. The van der Waals surface area contributed by atoms with Gasteiger partial charge in [-0.1, -0.05) is 40.9 Å². The van der Waals surface area contributed by atoms with Crippen LogP contribution in [0.4, 0.5) is 5.69 Å². The number of rotatable bonds is 2. The maximum absolute atomic E-state index is 12.2. The van der Waals surface area contributed by atoms with Crippen LogP contribution in [-0.2, 0) is 4.79 Å². The van der Waals surface area contributed by atoms with Crippen molar-refractivity contribution < 1.29 is 9.21 Å². The Morgan fingerprint density at radius 1 is 0.960 bits per heavy atom. The third kappa shape index (κ3) is 2.95. The van der Waals surface area contributed by atoms with E-state index in [4.69, 9.17) is 39.2 Å². The summed E-state index contributed by atoms with van der Waals surface area (Å²) in [5, 5.41) is 4.24. The predicted molar refractivity (Wildman–Crippen MR) is 102 cm³/mol. The summed E-state index contributed by atoms with van der Waals surface area (Å²) >= 11 is 18.3. The number of carbonyl (C=O) groups is 1. The van der Waals surface area contributed by atoms with Gasteiger partial charge in [0, 0.05) is 21.8 Å². The van der Waals surface area contributed by atoms with Gasteiger partial charge in [0.15, 0.2) is 0 Å². The number of furan rings is 1. The van der Waals surface area contributed by atoms with E-state index in [0.29, 0.717) is 37.7 Å². The summed E-state index contributed by atoms with van der Waals surface area (Å²) in [6, 6.07) is 14.1. The van der Waals surface area contributed by atoms with Crippen molar-refractivity contribution in [1.82, 2.24) is 0 Å². The van der Waals surface area contributed by atoms with E-state index in [1.165, 1.54) is 0 Å². The SMILES string of the molecule is O=C1Nc2ccc(Cl)cc2C1=Cc1ccc(-c2cccc(Cl)c2Cl)o1. The average Bonchev–Trinajstić information content (AvgIpc) is 3.16. The summed E-state index contributed by atoms with van der Waals surface area (Å²) in [4.78, 5) is 12.2. The van der Waals surface area contributed by atoms with Crippen molar-refractivity contribution in [2.75, 3.05) is 5.32 Å². The van der Waals surface area contributed by atoms with Gasteiger partial charge in [-0.25, -0.2) is 0 Å². The lowest BCUT2D eigenvalue weighted by Gasteiger charge is -2.02. The zero-order valence-electron chi connectivity index (χ0n) is 12.6. The first-order chi connectivity index (χ1) is 12.0. The quantitative estimate of drug-likeness (QED) is 0.514. The van der Waals surface area contributed by atoms with Crippen molar-refractivity contribution in [2.24, 2.45) is 0 Å². The fourth-order valence-corrected chi connectivity index (χ4v) is 3.28. The molecule has 3 nitrogen and oxygen atoms in total. The topological polar surface area (TPSA) is 42.2 Å². The van der Waals surface area contributed by atoms with Gasteiger partial charge in [0.05, 0.1) is 15.6 Å². The summed E-state index contributed by atoms with van der Waals surface area (Å²) in [6.45, 7) is 0. The van der Waals surface area contributed by atoms with Crippen LogP contribution in [0.1, 0.15) is 11.3 Å². The van der Waals surface area contributed by atoms with Crippen LogP contribution < -0.4 is 5.32 Å². The standard InChI is InChI=1S/C19H10Cl3NO2/c20-10-4-6-16-13(8-10)14(19(24)23-16)9-11-5-7-17(25-11)12-2-1-3-15(21)18(12)22/h1-9H,(H,23,24). The van der Waals surface area contributed by atoms with Crippen molar-refractivity contribution in [1.29, 1.82) is 0 Å². The van der Waals surface area contributed by atoms with Crippen LogP contribution in [0.5, 0.6) is 0 Å². The molecule has 25 heavy (non-hydrogen) atoms. The molecule has 0 radical (unpaired) electrons. The second-order valence-electron chi connectivity index (χ2n) is 5.51. The van der Waals surface area contributed by atoms with Gasteiger partial charge in [-0.2, -0.15) is 0 Å². The molecule has 2 heterocycles. The molecule has 0 atom stereocenters. The lowest BCUT2D eigenvalue weighted by Crippen LogP contribution is -2.03. The second kappa shape index (κ2) is 6.26. The third-order valence-electron chi connectivity index (χ3n) is 3.90. The number of carbonyl (C=O) groups excluding carboxylic acids is 1. The molecule has 1 aliphatic rings. The summed E-state index contributed by atoms with van der Waals surface area (Å²) < 4.78 is 5.83. The van der Waals surface area contributed by atoms with Crippen LogP contribution in [0, 0.1) is 0 Å². The molecule has 3 aromatic rings. The second-order valence-corrected chi connectivity index (χ2v) is 6.73. The molecule has 6 heteroatoms. The van der Waals surface area contributed by atoms with E-state index in [1.807, 2.05) is 6.07 Å². The molecular formula is C19H10Cl3NO2. The van der Waals surface area contributed by atoms with Gasteiger partial charge in [-0.15, -0.1) is 0 Å². The number of nitrogens with one attached hydrogen (secondary N) is 1. The number of benzene rings is 2. The maximum Gasteiger partial charge on any atom is 0.256 e. The van der Waals surface area contributed by atoms with Crippen LogP contribution in [0.2, 0.25) is 15.1 Å².